The van der Waals surface area contributed by atoms with Crippen molar-refractivity contribution in [3.8, 4) is 0 Å². The molecule has 1 heterocycles. The highest BCUT2D eigenvalue weighted by Crippen LogP contribution is 2.40. The third-order valence-electron chi connectivity index (χ3n) is 3.83. The predicted molar refractivity (Wildman–Crippen MR) is 68.1 cm³/mol. The molecule has 1 aliphatic carbocycles. The van der Waals surface area contributed by atoms with E-state index in [0.29, 0.717) is 19.3 Å². The number of halogens is 3. The van der Waals surface area contributed by atoms with Crippen LogP contribution in [0.15, 0.2) is 5.38 Å². The molecule has 0 aliphatic heterocycles. The van der Waals surface area contributed by atoms with Crippen LogP contribution in [0, 0.1) is 18.8 Å². The lowest BCUT2D eigenvalue weighted by Gasteiger charge is -2.32. The molecule has 0 bridgehead atoms. The Balaban J connectivity index is 1.84. The van der Waals surface area contributed by atoms with Gasteiger partial charge in [-0.1, -0.05) is 0 Å². The summed E-state index contributed by atoms with van der Waals surface area (Å²) in [5.74, 6) is -1.21. The highest BCUT2D eigenvalue weighted by atomic mass is 32.1. The van der Waals surface area contributed by atoms with Crippen molar-refractivity contribution < 1.29 is 18.3 Å². The first-order chi connectivity index (χ1) is 8.86. The summed E-state index contributed by atoms with van der Waals surface area (Å²) >= 11 is 1.50. The molecule has 1 unspecified atom stereocenters. The predicted octanol–water partition coefficient (Wildman–Crippen LogP) is 3.72. The monoisotopic (exact) mass is 293 g/mol. The van der Waals surface area contributed by atoms with Crippen LogP contribution in [0.4, 0.5) is 13.2 Å². The Labute approximate surface area is 114 Å². The van der Waals surface area contributed by atoms with Crippen molar-refractivity contribution in [1.29, 1.82) is 0 Å². The molecule has 1 fully saturated rings. The summed E-state index contributed by atoms with van der Waals surface area (Å²) in [5.41, 5.74) is 0.924. The Morgan fingerprint density at radius 3 is 2.47 bits per heavy atom. The maximum absolute atomic E-state index is 12.5. The van der Waals surface area contributed by atoms with Gasteiger partial charge in [-0.15, -0.1) is 11.3 Å². The van der Waals surface area contributed by atoms with Crippen molar-refractivity contribution in [3.05, 3.63) is 16.1 Å². The fraction of sp³-hybridized carbons (Fsp3) is 0.769. The molecule has 2 nitrogen and oxygen atoms in total. The summed E-state index contributed by atoms with van der Waals surface area (Å²) in [7, 11) is 0. The number of aliphatic hydroxyl groups is 1. The Morgan fingerprint density at radius 1 is 1.37 bits per heavy atom. The molecule has 1 aliphatic rings. The number of aryl methyl sites for hydroxylation is 1. The second-order valence-corrected chi connectivity index (χ2v) is 6.25. The Kier molecular flexibility index (Phi) is 4.50. The average Bonchev–Trinajstić information content (AvgIpc) is 2.74. The van der Waals surface area contributed by atoms with E-state index in [4.69, 9.17) is 0 Å². The lowest BCUT2D eigenvalue weighted by atomic mass is 9.78. The zero-order chi connectivity index (χ0) is 14.0. The van der Waals surface area contributed by atoms with Gasteiger partial charge in [0.2, 0.25) is 0 Å². The molecule has 108 valence electrons. The molecule has 1 aromatic heterocycles. The van der Waals surface area contributed by atoms with Gasteiger partial charge >= 0.3 is 6.18 Å². The van der Waals surface area contributed by atoms with E-state index in [1.54, 1.807) is 0 Å². The first-order valence-electron chi connectivity index (χ1n) is 6.52. The van der Waals surface area contributed by atoms with Gasteiger partial charge in [0.05, 0.1) is 17.0 Å². The van der Waals surface area contributed by atoms with Gasteiger partial charge in [0.25, 0.3) is 0 Å². The van der Waals surface area contributed by atoms with Crippen molar-refractivity contribution in [2.24, 2.45) is 11.8 Å². The molecule has 1 aromatic rings. The van der Waals surface area contributed by atoms with Gasteiger partial charge in [-0.2, -0.15) is 13.2 Å². The van der Waals surface area contributed by atoms with Gasteiger partial charge in [0.15, 0.2) is 0 Å². The van der Waals surface area contributed by atoms with Crippen LogP contribution < -0.4 is 0 Å². The topological polar surface area (TPSA) is 33.1 Å². The number of rotatable bonds is 3. The number of aliphatic hydroxyl groups excluding tert-OH is 1. The van der Waals surface area contributed by atoms with E-state index in [9.17, 15) is 18.3 Å². The van der Waals surface area contributed by atoms with Crippen molar-refractivity contribution in [2.45, 2.75) is 51.3 Å². The van der Waals surface area contributed by atoms with Crippen LogP contribution in [0.25, 0.3) is 0 Å². The minimum atomic E-state index is -4.08. The van der Waals surface area contributed by atoms with Gasteiger partial charge in [0.1, 0.15) is 0 Å². The molecule has 0 spiro atoms. The normalized spacial score (nSPS) is 26.4. The highest BCUT2D eigenvalue weighted by molar-refractivity contribution is 7.09. The van der Waals surface area contributed by atoms with Crippen LogP contribution in [0.1, 0.15) is 36.4 Å². The zero-order valence-corrected chi connectivity index (χ0v) is 11.6. The third-order valence-corrected chi connectivity index (χ3v) is 4.82. The maximum Gasteiger partial charge on any atom is 0.391 e. The molecule has 19 heavy (non-hydrogen) atoms. The molecule has 0 saturated heterocycles. The Morgan fingerprint density at radius 2 is 2.00 bits per heavy atom. The summed E-state index contributed by atoms with van der Waals surface area (Å²) in [4.78, 5) is 4.28. The number of hydrogen-bond acceptors (Lipinski definition) is 3. The average molecular weight is 293 g/mol. The maximum atomic E-state index is 12.5. The van der Waals surface area contributed by atoms with Crippen molar-refractivity contribution in [2.75, 3.05) is 0 Å². The number of hydrogen-bond donors (Lipinski definition) is 1. The second kappa shape index (κ2) is 5.79. The zero-order valence-electron chi connectivity index (χ0n) is 10.8. The summed E-state index contributed by atoms with van der Waals surface area (Å²) < 4.78 is 37.6. The standard InChI is InChI=1S/C13H18F3NOS/c1-8-7-19-12(17-8)6-11(18)9-2-4-10(5-3-9)13(14,15)16/h7,9-11,18H,2-6H2,1H3. The summed E-state index contributed by atoms with van der Waals surface area (Å²) in [6, 6.07) is 0. The smallest absolute Gasteiger partial charge is 0.391 e. The first-order valence-corrected chi connectivity index (χ1v) is 7.40. The minimum Gasteiger partial charge on any atom is -0.392 e. The molecule has 1 atom stereocenters. The molecule has 0 aromatic carbocycles. The van der Waals surface area contributed by atoms with Gasteiger partial charge in [0, 0.05) is 17.5 Å². The van der Waals surface area contributed by atoms with Crippen molar-refractivity contribution in [3.63, 3.8) is 0 Å². The molecule has 1 N–H and O–H groups in total. The van der Waals surface area contributed by atoms with E-state index in [1.165, 1.54) is 11.3 Å². The van der Waals surface area contributed by atoms with Gasteiger partial charge < -0.3 is 5.11 Å². The number of thiazole rings is 1. The van der Waals surface area contributed by atoms with Crippen molar-refractivity contribution >= 4 is 11.3 Å². The highest BCUT2D eigenvalue weighted by Gasteiger charge is 2.42. The van der Waals surface area contributed by atoms with Gasteiger partial charge in [-0.25, -0.2) is 4.98 Å². The summed E-state index contributed by atoms with van der Waals surface area (Å²) in [5, 5.41) is 12.9. The second-order valence-electron chi connectivity index (χ2n) is 5.31. The Hall–Kier alpha value is -0.620. The molecular formula is C13H18F3NOS. The fourth-order valence-electron chi connectivity index (χ4n) is 2.67. The molecule has 2 rings (SSSR count). The van der Waals surface area contributed by atoms with Gasteiger partial charge in [-0.05, 0) is 38.5 Å². The first kappa shape index (κ1) is 14.8. The third kappa shape index (κ3) is 3.92. The van der Waals surface area contributed by atoms with E-state index >= 15 is 0 Å². The lowest BCUT2D eigenvalue weighted by molar-refractivity contribution is -0.185. The summed E-state index contributed by atoms with van der Waals surface area (Å²) in [6.45, 7) is 1.89. The van der Waals surface area contributed by atoms with Gasteiger partial charge in [-0.3, -0.25) is 0 Å². The largest absolute Gasteiger partial charge is 0.392 e. The Bertz CT molecular complexity index is 410. The van der Waals surface area contributed by atoms with E-state index in [-0.39, 0.29) is 18.8 Å². The number of aromatic nitrogens is 1. The summed E-state index contributed by atoms with van der Waals surface area (Å²) in [6.07, 6.45) is -3.00. The molecule has 0 radical (unpaired) electrons. The SMILES string of the molecule is Cc1csc(CC(O)C2CCC(C(F)(F)F)CC2)n1. The molecular weight excluding hydrogens is 275 g/mol. The van der Waals surface area contributed by atoms with Crippen LogP contribution >= 0.6 is 11.3 Å². The molecule has 1 saturated carbocycles. The van der Waals surface area contributed by atoms with E-state index in [1.807, 2.05) is 12.3 Å². The van der Waals surface area contributed by atoms with Crippen LogP contribution in [0.5, 0.6) is 0 Å². The van der Waals surface area contributed by atoms with E-state index in [2.05, 4.69) is 4.98 Å². The lowest BCUT2D eigenvalue weighted by Crippen LogP contribution is -2.32. The minimum absolute atomic E-state index is 0.0252. The molecule has 0 amide bonds. The molecule has 6 heteroatoms. The van der Waals surface area contributed by atoms with Crippen LogP contribution in [0.2, 0.25) is 0 Å². The fourth-order valence-corrected chi connectivity index (χ4v) is 3.50. The quantitative estimate of drug-likeness (QED) is 0.921. The van der Waals surface area contributed by atoms with E-state index in [0.717, 1.165) is 10.7 Å². The number of nitrogens with zero attached hydrogens (tertiary/aromatic N) is 1. The van der Waals surface area contributed by atoms with Crippen LogP contribution in [-0.4, -0.2) is 22.4 Å². The van der Waals surface area contributed by atoms with E-state index < -0.39 is 18.2 Å². The number of alkyl halides is 3. The van der Waals surface area contributed by atoms with Crippen molar-refractivity contribution in [1.82, 2.24) is 4.98 Å². The van der Waals surface area contributed by atoms with Crippen LogP contribution in [-0.2, 0) is 6.42 Å². The van der Waals surface area contributed by atoms with Crippen LogP contribution in [0.3, 0.4) is 0 Å².